The van der Waals surface area contributed by atoms with Crippen molar-refractivity contribution in [3.63, 3.8) is 0 Å². The summed E-state index contributed by atoms with van der Waals surface area (Å²) in [4.78, 5) is 12.1. The molecule has 2 aromatic carbocycles. The molecule has 160 valence electrons. The fourth-order valence-electron chi connectivity index (χ4n) is 3.99. The molecular formula is C23H23N3O5. The first-order chi connectivity index (χ1) is 15.2. The molecule has 3 heterocycles. The maximum atomic E-state index is 12.1. The monoisotopic (exact) mass is 421 g/mol. The largest absolute Gasteiger partial charge is 0.493 e. The summed E-state index contributed by atoms with van der Waals surface area (Å²) in [6.45, 7) is 1.58. The van der Waals surface area contributed by atoms with E-state index in [9.17, 15) is 4.79 Å². The minimum atomic E-state index is -0.0964. The number of aromatic amines is 1. The smallest absolute Gasteiger partial charge is 0.226 e. The van der Waals surface area contributed by atoms with Crippen LogP contribution in [0.1, 0.15) is 35.4 Å². The third-order valence-corrected chi connectivity index (χ3v) is 5.52. The van der Waals surface area contributed by atoms with E-state index < -0.39 is 0 Å². The van der Waals surface area contributed by atoms with Crippen LogP contribution >= 0.6 is 0 Å². The van der Waals surface area contributed by atoms with E-state index in [1.165, 1.54) is 0 Å². The lowest BCUT2D eigenvalue weighted by Crippen LogP contribution is -2.23. The first kappa shape index (κ1) is 19.3. The number of fused-ring (bicyclic) bond motifs is 2. The SMILES string of the molecule is COc1cc(C2CC(=O)Nc3[nH]ncc32)ccc1OCc1cccc2c1OCCCO2. The Balaban J connectivity index is 1.38. The van der Waals surface area contributed by atoms with E-state index in [1.807, 2.05) is 36.4 Å². The van der Waals surface area contributed by atoms with E-state index in [0.717, 1.165) is 34.6 Å². The van der Waals surface area contributed by atoms with Crippen molar-refractivity contribution < 1.29 is 23.7 Å². The van der Waals surface area contributed by atoms with Gasteiger partial charge in [0.1, 0.15) is 12.4 Å². The van der Waals surface area contributed by atoms with Crippen LogP contribution in [0.3, 0.4) is 0 Å². The molecule has 0 spiro atoms. The number of carbonyl (C=O) groups excluding carboxylic acids is 1. The predicted molar refractivity (Wildman–Crippen MR) is 113 cm³/mol. The summed E-state index contributed by atoms with van der Waals surface area (Å²) in [5.41, 5.74) is 2.84. The molecule has 3 aromatic rings. The zero-order chi connectivity index (χ0) is 21.2. The molecule has 0 aliphatic carbocycles. The maximum absolute atomic E-state index is 12.1. The highest BCUT2D eigenvalue weighted by molar-refractivity contribution is 5.94. The van der Waals surface area contributed by atoms with Crippen molar-refractivity contribution in [3.8, 4) is 23.0 Å². The topological polar surface area (TPSA) is 94.7 Å². The summed E-state index contributed by atoms with van der Waals surface area (Å²) in [5.74, 6) is 3.20. The molecule has 2 N–H and O–H groups in total. The summed E-state index contributed by atoms with van der Waals surface area (Å²) >= 11 is 0. The van der Waals surface area contributed by atoms with Crippen molar-refractivity contribution in [2.45, 2.75) is 25.4 Å². The summed E-state index contributed by atoms with van der Waals surface area (Å²) in [7, 11) is 1.61. The fraction of sp³-hybridized carbons (Fsp3) is 0.304. The van der Waals surface area contributed by atoms with Gasteiger partial charge in [-0.15, -0.1) is 0 Å². The summed E-state index contributed by atoms with van der Waals surface area (Å²) in [6.07, 6.45) is 2.95. The predicted octanol–water partition coefficient (Wildman–Crippen LogP) is 3.63. The van der Waals surface area contributed by atoms with E-state index in [2.05, 4.69) is 15.5 Å². The molecule has 2 aliphatic heterocycles. The molecule has 8 heteroatoms. The number of para-hydroxylation sites is 1. The second kappa shape index (κ2) is 8.22. The Morgan fingerprint density at radius 1 is 1.16 bits per heavy atom. The third kappa shape index (κ3) is 3.76. The van der Waals surface area contributed by atoms with Crippen LogP contribution in [0.5, 0.6) is 23.0 Å². The lowest BCUT2D eigenvalue weighted by atomic mass is 9.87. The summed E-state index contributed by atoms with van der Waals surface area (Å²) < 4.78 is 23.3. The number of hydrogen-bond acceptors (Lipinski definition) is 6. The summed E-state index contributed by atoms with van der Waals surface area (Å²) in [6, 6.07) is 11.6. The van der Waals surface area contributed by atoms with Crippen molar-refractivity contribution in [2.24, 2.45) is 0 Å². The van der Waals surface area contributed by atoms with Crippen LogP contribution < -0.4 is 24.3 Å². The number of aromatic nitrogens is 2. The number of nitrogens with one attached hydrogen (secondary N) is 2. The third-order valence-electron chi connectivity index (χ3n) is 5.52. The number of hydrogen-bond donors (Lipinski definition) is 2. The standard InChI is InChI=1S/C23H23N3O5/c1-28-20-10-14(16-11-21(27)25-23-17(16)12-24-26-23)6-7-18(20)31-13-15-4-2-5-19-22(15)30-9-3-8-29-19/h2,4-7,10,12,16H,3,8-9,11,13H2,1H3,(H2,24,25,26,27). The number of anilines is 1. The van der Waals surface area contributed by atoms with Crippen LogP contribution in [-0.2, 0) is 11.4 Å². The molecule has 8 nitrogen and oxygen atoms in total. The van der Waals surface area contributed by atoms with Crippen LogP contribution in [0.4, 0.5) is 5.82 Å². The van der Waals surface area contributed by atoms with Gasteiger partial charge in [-0.25, -0.2) is 0 Å². The Morgan fingerprint density at radius 3 is 2.97 bits per heavy atom. The van der Waals surface area contributed by atoms with Gasteiger partial charge in [-0.2, -0.15) is 5.10 Å². The Bertz CT molecular complexity index is 1110. The molecule has 0 saturated heterocycles. The number of amides is 1. The zero-order valence-corrected chi connectivity index (χ0v) is 17.1. The van der Waals surface area contributed by atoms with Gasteiger partial charge in [0.25, 0.3) is 0 Å². The number of H-pyrrole nitrogens is 1. The van der Waals surface area contributed by atoms with Gasteiger partial charge in [0.05, 0.1) is 26.5 Å². The van der Waals surface area contributed by atoms with Gasteiger partial charge in [-0.3, -0.25) is 9.89 Å². The minimum Gasteiger partial charge on any atom is -0.493 e. The van der Waals surface area contributed by atoms with Crippen LogP contribution in [-0.4, -0.2) is 36.4 Å². The number of rotatable bonds is 5. The Kier molecular flexibility index (Phi) is 5.11. The number of nitrogens with zero attached hydrogens (tertiary/aromatic N) is 1. The first-order valence-electron chi connectivity index (χ1n) is 10.2. The van der Waals surface area contributed by atoms with Crippen molar-refractivity contribution in [2.75, 3.05) is 25.6 Å². The molecule has 1 aromatic heterocycles. The van der Waals surface area contributed by atoms with Gasteiger partial charge >= 0.3 is 0 Å². The molecule has 1 unspecified atom stereocenters. The van der Waals surface area contributed by atoms with Gasteiger partial charge in [0.15, 0.2) is 23.0 Å². The Hall–Kier alpha value is -3.68. The van der Waals surface area contributed by atoms with Crippen molar-refractivity contribution in [3.05, 3.63) is 59.3 Å². The van der Waals surface area contributed by atoms with E-state index in [-0.39, 0.29) is 11.8 Å². The molecule has 5 rings (SSSR count). The second-order valence-corrected chi connectivity index (χ2v) is 7.50. The first-order valence-corrected chi connectivity index (χ1v) is 10.2. The highest BCUT2D eigenvalue weighted by atomic mass is 16.5. The normalized spacial score (nSPS) is 17.3. The van der Waals surface area contributed by atoms with E-state index in [0.29, 0.717) is 43.6 Å². The molecule has 1 atom stereocenters. The van der Waals surface area contributed by atoms with Gasteiger partial charge in [0, 0.05) is 29.9 Å². The van der Waals surface area contributed by atoms with Gasteiger partial charge in [0.2, 0.25) is 5.91 Å². The lowest BCUT2D eigenvalue weighted by molar-refractivity contribution is -0.116. The Morgan fingerprint density at radius 2 is 2.06 bits per heavy atom. The minimum absolute atomic E-state index is 0.0481. The zero-order valence-electron chi connectivity index (χ0n) is 17.1. The molecule has 31 heavy (non-hydrogen) atoms. The van der Waals surface area contributed by atoms with E-state index in [1.54, 1.807) is 13.3 Å². The van der Waals surface area contributed by atoms with Crippen molar-refractivity contribution in [1.82, 2.24) is 10.2 Å². The number of ether oxygens (including phenoxy) is 4. The van der Waals surface area contributed by atoms with Crippen LogP contribution in [0, 0.1) is 0 Å². The molecule has 0 bridgehead atoms. The highest BCUT2D eigenvalue weighted by Gasteiger charge is 2.28. The van der Waals surface area contributed by atoms with Crippen LogP contribution in [0.25, 0.3) is 0 Å². The summed E-state index contributed by atoms with van der Waals surface area (Å²) in [5, 5.41) is 9.71. The average molecular weight is 421 g/mol. The van der Waals surface area contributed by atoms with E-state index >= 15 is 0 Å². The molecular weight excluding hydrogens is 398 g/mol. The van der Waals surface area contributed by atoms with Crippen molar-refractivity contribution >= 4 is 11.7 Å². The molecule has 0 radical (unpaired) electrons. The number of benzene rings is 2. The fourth-order valence-corrected chi connectivity index (χ4v) is 3.99. The average Bonchev–Trinajstić information content (AvgIpc) is 3.12. The van der Waals surface area contributed by atoms with Crippen molar-refractivity contribution in [1.29, 1.82) is 0 Å². The molecule has 2 aliphatic rings. The number of methoxy groups -OCH3 is 1. The molecule has 0 fully saturated rings. The van der Waals surface area contributed by atoms with Gasteiger partial charge in [-0.1, -0.05) is 18.2 Å². The van der Waals surface area contributed by atoms with Gasteiger partial charge < -0.3 is 24.3 Å². The molecule has 1 amide bonds. The molecule has 0 saturated carbocycles. The number of carbonyl (C=O) groups is 1. The lowest BCUT2D eigenvalue weighted by Gasteiger charge is -2.23. The Labute approximate surface area is 179 Å². The van der Waals surface area contributed by atoms with Crippen LogP contribution in [0.15, 0.2) is 42.6 Å². The van der Waals surface area contributed by atoms with Crippen LogP contribution in [0.2, 0.25) is 0 Å². The van der Waals surface area contributed by atoms with E-state index in [4.69, 9.17) is 18.9 Å². The van der Waals surface area contributed by atoms with Gasteiger partial charge in [-0.05, 0) is 23.8 Å². The second-order valence-electron chi connectivity index (χ2n) is 7.50. The highest BCUT2D eigenvalue weighted by Crippen LogP contribution is 2.40. The maximum Gasteiger partial charge on any atom is 0.226 e. The quantitative estimate of drug-likeness (QED) is 0.653.